The SMILES string of the molecule is Cc1c(/C=C/C(=O)O)cccc1C(=O)NCCC1CCC1. The Kier molecular flexibility index (Phi) is 5.14. The molecule has 1 aliphatic rings. The van der Waals surface area contributed by atoms with Crippen molar-refractivity contribution >= 4 is 18.0 Å². The van der Waals surface area contributed by atoms with E-state index in [0.717, 1.165) is 29.5 Å². The zero-order chi connectivity index (χ0) is 15.2. The number of hydrogen-bond acceptors (Lipinski definition) is 2. The van der Waals surface area contributed by atoms with E-state index in [-0.39, 0.29) is 5.91 Å². The summed E-state index contributed by atoms with van der Waals surface area (Å²) in [6.07, 6.45) is 7.53. The molecule has 21 heavy (non-hydrogen) atoms. The number of aliphatic carboxylic acids is 1. The molecule has 0 bridgehead atoms. The Morgan fingerprint density at radius 1 is 1.38 bits per heavy atom. The molecule has 0 saturated heterocycles. The zero-order valence-electron chi connectivity index (χ0n) is 12.3. The molecule has 0 unspecified atom stereocenters. The van der Waals surface area contributed by atoms with E-state index in [9.17, 15) is 9.59 Å². The third kappa shape index (κ3) is 4.18. The molecular weight excluding hydrogens is 266 g/mol. The Labute approximate surface area is 124 Å². The van der Waals surface area contributed by atoms with Crippen LogP contribution in [0.15, 0.2) is 24.3 Å². The van der Waals surface area contributed by atoms with Crippen LogP contribution in [0.3, 0.4) is 0 Å². The number of carboxylic acid groups (broad SMARTS) is 1. The molecule has 1 fully saturated rings. The molecule has 0 heterocycles. The average molecular weight is 287 g/mol. The van der Waals surface area contributed by atoms with Crippen molar-refractivity contribution < 1.29 is 14.7 Å². The molecule has 1 amide bonds. The van der Waals surface area contributed by atoms with Gasteiger partial charge >= 0.3 is 5.97 Å². The zero-order valence-corrected chi connectivity index (χ0v) is 12.3. The molecule has 4 nitrogen and oxygen atoms in total. The van der Waals surface area contributed by atoms with Gasteiger partial charge in [0.2, 0.25) is 0 Å². The number of hydrogen-bond donors (Lipinski definition) is 2. The lowest BCUT2D eigenvalue weighted by Gasteiger charge is -2.25. The molecule has 4 heteroatoms. The molecule has 1 saturated carbocycles. The van der Waals surface area contributed by atoms with Crippen molar-refractivity contribution in [3.63, 3.8) is 0 Å². The van der Waals surface area contributed by atoms with Crippen LogP contribution in [0.1, 0.15) is 47.2 Å². The van der Waals surface area contributed by atoms with Crippen molar-refractivity contribution in [2.75, 3.05) is 6.54 Å². The van der Waals surface area contributed by atoms with Crippen LogP contribution < -0.4 is 5.32 Å². The van der Waals surface area contributed by atoms with E-state index >= 15 is 0 Å². The molecule has 2 rings (SSSR count). The number of benzene rings is 1. The number of nitrogens with one attached hydrogen (secondary N) is 1. The van der Waals surface area contributed by atoms with Crippen LogP contribution in [0.25, 0.3) is 6.08 Å². The van der Waals surface area contributed by atoms with Gasteiger partial charge in [0.05, 0.1) is 0 Å². The summed E-state index contributed by atoms with van der Waals surface area (Å²) in [6, 6.07) is 5.35. The van der Waals surface area contributed by atoms with Gasteiger partial charge < -0.3 is 10.4 Å². The Hall–Kier alpha value is -2.10. The molecule has 112 valence electrons. The minimum absolute atomic E-state index is 0.0857. The first-order valence-electron chi connectivity index (χ1n) is 7.36. The lowest BCUT2D eigenvalue weighted by atomic mass is 9.83. The van der Waals surface area contributed by atoms with Crippen LogP contribution in [-0.2, 0) is 4.79 Å². The van der Waals surface area contributed by atoms with Gasteiger partial charge in [0.15, 0.2) is 0 Å². The molecule has 0 atom stereocenters. The van der Waals surface area contributed by atoms with Gasteiger partial charge in [-0.2, -0.15) is 0 Å². The summed E-state index contributed by atoms with van der Waals surface area (Å²) in [4.78, 5) is 22.8. The Balaban J connectivity index is 1.99. The number of carboxylic acids is 1. The molecule has 1 aromatic rings. The van der Waals surface area contributed by atoms with Crippen molar-refractivity contribution in [3.05, 3.63) is 41.0 Å². The van der Waals surface area contributed by atoms with Crippen LogP contribution in [-0.4, -0.2) is 23.5 Å². The summed E-state index contributed by atoms with van der Waals surface area (Å²) >= 11 is 0. The summed E-state index contributed by atoms with van der Waals surface area (Å²) in [5, 5.41) is 11.6. The topological polar surface area (TPSA) is 66.4 Å². The van der Waals surface area contributed by atoms with Crippen LogP contribution in [0.2, 0.25) is 0 Å². The fourth-order valence-electron chi connectivity index (χ4n) is 2.51. The third-order valence-electron chi connectivity index (χ3n) is 4.09. The molecule has 1 aromatic carbocycles. The third-order valence-corrected chi connectivity index (χ3v) is 4.09. The highest BCUT2D eigenvalue weighted by atomic mass is 16.4. The summed E-state index contributed by atoms with van der Waals surface area (Å²) < 4.78 is 0. The Morgan fingerprint density at radius 2 is 2.14 bits per heavy atom. The maximum atomic E-state index is 12.2. The van der Waals surface area contributed by atoms with Crippen LogP contribution in [0, 0.1) is 12.8 Å². The predicted molar refractivity (Wildman–Crippen MR) is 82.1 cm³/mol. The Bertz CT molecular complexity index is 559. The lowest BCUT2D eigenvalue weighted by Crippen LogP contribution is -2.28. The van der Waals surface area contributed by atoms with Gasteiger partial charge in [0.25, 0.3) is 5.91 Å². The van der Waals surface area contributed by atoms with Crippen LogP contribution in [0.5, 0.6) is 0 Å². The quantitative estimate of drug-likeness (QED) is 0.790. The monoisotopic (exact) mass is 287 g/mol. The van der Waals surface area contributed by atoms with E-state index < -0.39 is 5.97 Å². The number of carbonyl (C=O) groups is 2. The maximum absolute atomic E-state index is 12.2. The highest BCUT2D eigenvalue weighted by Gasteiger charge is 2.17. The van der Waals surface area contributed by atoms with E-state index in [2.05, 4.69) is 5.32 Å². The largest absolute Gasteiger partial charge is 0.478 e. The minimum Gasteiger partial charge on any atom is -0.478 e. The van der Waals surface area contributed by atoms with Crippen LogP contribution in [0.4, 0.5) is 0 Å². The van der Waals surface area contributed by atoms with Gasteiger partial charge in [-0.15, -0.1) is 0 Å². The van der Waals surface area contributed by atoms with Crippen molar-refractivity contribution in [1.82, 2.24) is 5.32 Å². The summed E-state index contributed by atoms with van der Waals surface area (Å²) in [6.45, 7) is 2.54. The first-order valence-corrected chi connectivity index (χ1v) is 7.36. The summed E-state index contributed by atoms with van der Waals surface area (Å²) in [7, 11) is 0. The van der Waals surface area contributed by atoms with Gasteiger partial charge in [0, 0.05) is 18.2 Å². The van der Waals surface area contributed by atoms with Gasteiger partial charge in [-0.3, -0.25) is 4.79 Å². The van der Waals surface area contributed by atoms with Gasteiger partial charge in [-0.1, -0.05) is 31.4 Å². The van der Waals surface area contributed by atoms with Gasteiger partial charge in [-0.05, 0) is 42.5 Å². The van der Waals surface area contributed by atoms with E-state index in [1.165, 1.54) is 25.3 Å². The minimum atomic E-state index is -0.996. The van der Waals surface area contributed by atoms with E-state index in [1.54, 1.807) is 18.2 Å². The van der Waals surface area contributed by atoms with Crippen molar-refractivity contribution in [2.24, 2.45) is 5.92 Å². The molecule has 0 aliphatic heterocycles. The second-order valence-electron chi connectivity index (χ2n) is 5.53. The van der Waals surface area contributed by atoms with E-state index in [0.29, 0.717) is 12.1 Å². The summed E-state index contributed by atoms with van der Waals surface area (Å²) in [5.41, 5.74) is 2.16. The predicted octanol–water partition coefficient (Wildman–Crippen LogP) is 3.01. The molecule has 0 radical (unpaired) electrons. The molecule has 1 aliphatic carbocycles. The summed E-state index contributed by atoms with van der Waals surface area (Å²) in [5.74, 6) is -0.307. The van der Waals surface area contributed by atoms with Gasteiger partial charge in [-0.25, -0.2) is 4.79 Å². The number of carbonyl (C=O) groups excluding carboxylic acids is 1. The fourth-order valence-corrected chi connectivity index (χ4v) is 2.51. The number of rotatable bonds is 6. The van der Waals surface area contributed by atoms with Crippen molar-refractivity contribution in [1.29, 1.82) is 0 Å². The second-order valence-corrected chi connectivity index (χ2v) is 5.53. The second kappa shape index (κ2) is 7.07. The Morgan fingerprint density at radius 3 is 2.76 bits per heavy atom. The van der Waals surface area contributed by atoms with E-state index in [4.69, 9.17) is 5.11 Å². The average Bonchev–Trinajstić information content (AvgIpc) is 2.40. The smallest absolute Gasteiger partial charge is 0.328 e. The van der Waals surface area contributed by atoms with Gasteiger partial charge in [0.1, 0.15) is 0 Å². The standard InChI is InChI=1S/C17H21NO3/c1-12-14(8-9-16(19)20)6-3-7-15(12)17(21)18-11-10-13-4-2-5-13/h3,6-9,13H,2,4-5,10-11H2,1H3,(H,18,21)(H,19,20)/b9-8+. The molecule has 0 aromatic heterocycles. The molecule has 2 N–H and O–H groups in total. The highest BCUT2D eigenvalue weighted by molar-refractivity contribution is 5.97. The maximum Gasteiger partial charge on any atom is 0.328 e. The first kappa shape index (κ1) is 15.3. The number of amides is 1. The normalized spacial score (nSPS) is 14.9. The first-order chi connectivity index (χ1) is 10.1. The van der Waals surface area contributed by atoms with Crippen molar-refractivity contribution in [2.45, 2.75) is 32.6 Å². The van der Waals surface area contributed by atoms with Crippen LogP contribution >= 0.6 is 0 Å². The lowest BCUT2D eigenvalue weighted by molar-refractivity contribution is -0.131. The molecule has 0 spiro atoms. The molecular formula is C17H21NO3. The highest BCUT2D eigenvalue weighted by Crippen LogP contribution is 2.28. The fraction of sp³-hybridized carbons (Fsp3) is 0.412. The van der Waals surface area contributed by atoms with E-state index in [1.807, 2.05) is 6.92 Å². The van der Waals surface area contributed by atoms with Crippen molar-refractivity contribution in [3.8, 4) is 0 Å².